The third-order valence-corrected chi connectivity index (χ3v) is 3.76. The fourth-order valence-electron chi connectivity index (χ4n) is 2.48. The number of nitrogens with zero attached hydrogens (tertiary/aromatic N) is 2. The van der Waals surface area contributed by atoms with E-state index < -0.39 is 18.0 Å². The van der Waals surface area contributed by atoms with Gasteiger partial charge in [0, 0.05) is 20.0 Å². The van der Waals surface area contributed by atoms with E-state index >= 15 is 0 Å². The molecule has 1 aromatic rings. The quantitative estimate of drug-likeness (QED) is 0.478. The second-order valence-corrected chi connectivity index (χ2v) is 5.62. The second kappa shape index (κ2) is 8.43. The molecule has 2 rings (SSSR count). The number of halogens is 1. The Bertz CT molecular complexity index is 655. The van der Waals surface area contributed by atoms with Gasteiger partial charge in [0.05, 0.1) is 30.8 Å². The van der Waals surface area contributed by atoms with Crippen LogP contribution in [0.15, 0.2) is 18.2 Å². The van der Waals surface area contributed by atoms with Crippen molar-refractivity contribution in [1.82, 2.24) is 10.6 Å². The summed E-state index contributed by atoms with van der Waals surface area (Å²) in [6, 6.07) is 4.38. The molecule has 3 N–H and O–H groups in total. The number of carbonyl (C=O) groups excluding carboxylic acids is 2. The van der Waals surface area contributed by atoms with Crippen molar-refractivity contribution in [2.45, 2.75) is 13.0 Å². The van der Waals surface area contributed by atoms with Gasteiger partial charge < -0.3 is 20.3 Å². The Hall–Kier alpha value is -2.68. The smallest absolute Gasteiger partial charge is 0.414 e. The van der Waals surface area contributed by atoms with Crippen LogP contribution in [0.1, 0.15) is 6.92 Å². The average molecular weight is 351 g/mol. The Balaban J connectivity index is 2.10. The number of carbonyl (C=O) groups is 2. The molecule has 136 valence electrons. The van der Waals surface area contributed by atoms with Crippen LogP contribution in [0.3, 0.4) is 0 Å². The minimum Gasteiger partial charge on any atom is -0.442 e. The van der Waals surface area contributed by atoms with Crippen LogP contribution in [0, 0.1) is 11.2 Å². The molecule has 1 atom stereocenters. The number of nitrogens with one attached hydrogen (secondary N) is 3. The van der Waals surface area contributed by atoms with E-state index in [0.29, 0.717) is 18.8 Å². The number of hydrogen-bond acceptors (Lipinski definition) is 5. The molecule has 25 heavy (non-hydrogen) atoms. The lowest BCUT2D eigenvalue weighted by atomic mass is 10.2. The molecule has 1 fully saturated rings. The average Bonchev–Trinajstić information content (AvgIpc) is 2.95. The van der Waals surface area contributed by atoms with Crippen molar-refractivity contribution >= 4 is 29.7 Å². The number of anilines is 2. The summed E-state index contributed by atoms with van der Waals surface area (Å²) in [5, 5.41) is 12.9. The summed E-state index contributed by atoms with van der Waals surface area (Å²) in [5.74, 6) is -0.742. The van der Waals surface area contributed by atoms with E-state index in [0.717, 1.165) is 6.34 Å². The van der Waals surface area contributed by atoms with Crippen molar-refractivity contribution in [2.24, 2.45) is 0 Å². The van der Waals surface area contributed by atoms with Gasteiger partial charge in [-0.3, -0.25) is 15.1 Å². The third kappa shape index (κ3) is 4.66. The Morgan fingerprint density at radius 3 is 2.92 bits per heavy atom. The van der Waals surface area contributed by atoms with Crippen LogP contribution >= 0.6 is 0 Å². The van der Waals surface area contributed by atoms with Crippen LogP contribution in [0.2, 0.25) is 0 Å². The number of ether oxygens (including phenoxy) is 1. The summed E-state index contributed by atoms with van der Waals surface area (Å²) in [7, 11) is 1.78. The molecule has 0 spiro atoms. The van der Waals surface area contributed by atoms with Crippen molar-refractivity contribution in [1.29, 1.82) is 5.41 Å². The molecule has 2 amide bonds. The number of benzene rings is 1. The first-order chi connectivity index (χ1) is 12.0. The highest BCUT2D eigenvalue weighted by Gasteiger charge is 2.32. The van der Waals surface area contributed by atoms with Crippen molar-refractivity contribution in [3.63, 3.8) is 0 Å². The minimum atomic E-state index is -0.582. The maximum absolute atomic E-state index is 14.4. The van der Waals surface area contributed by atoms with Gasteiger partial charge in [0.2, 0.25) is 5.91 Å². The zero-order valence-electron chi connectivity index (χ0n) is 14.2. The monoisotopic (exact) mass is 351 g/mol. The Morgan fingerprint density at radius 1 is 1.56 bits per heavy atom. The van der Waals surface area contributed by atoms with Crippen molar-refractivity contribution in [2.75, 3.05) is 43.0 Å². The number of amides is 2. The van der Waals surface area contributed by atoms with Crippen molar-refractivity contribution in [3.05, 3.63) is 24.0 Å². The van der Waals surface area contributed by atoms with Crippen LogP contribution in [0.5, 0.6) is 0 Å². The van der Waals surface area contributed by atoms with Gasteiger partial charge in [-0.15, -0.1) is 0 Å². The molecule has 0 radical (unpaired) electrons. The van der Waals surface area contributed by atoms with E-state index in [1.807, 2.05) is 0 Å². The van der Waals surface area contributed by atoms with Gasteiger partial charge in [-0.2, -0.15) is 0 Å². The summed E-state index contributed by atoms with van der Waals surface area (Å²) < 4.78 is 19.6. The molecule has 0 saturated carbocycles. The van der Waals surface area contributed by atoms with Gasteiger partial charge in [0.25, 0.3) is 0 Å². The molecule has 1 saturated heterocycles. The zero-order chi connectivity index (χ0) is 18.4. The molecular formula is C16H22FN5O3. The summed E-state index contributed by atoms with van der Waals surface area (Å²) in [4.78, 5) is 25.7. The third-order valence-electron chi connectivity index (χ3n) is 3.76. The van der Waals surface area contributed by atoms with E-state index in [-0.39, 0.29) is 24.7 Å². The molecule has 9 heteroatoms. The molecule has 1 unspecified atom stereocenters. The van der Waals surface area contributed by atoms with Gasteiger partial charge in [0.15, 0.2) is 0 Å². The van der Waals surface area contributed by atoms with Crippen LogP contribution in [-0.4, -0.2) is 57.7 Å². The predicted octanol–water partition coefficient (Wildman–Crippen LogP) is 0.920. The predicted molar refractivity (Wildman–Crippen MR) is 92.8 cm³/mol. The van der Waals surface area contributed by atoms with E-state index in [1.54, 1.807) is 13.1 Å². The topological polar surface area (TPSA) is 97.8 Å². The molecular weight excluding hydrogens is 329 g/mol. The summed E-state index contributed by atoms with van der Waals surface area (Å²) in [5.41, 5.74) is 0.631. The Kier molecular flexibility index (Phi) is 6.29. The van der Waals surface area contributed by atoms with Crippen LogP contribution < -0.4 is 20.4 Å². The molecule has 1 aliphatic rings. The molecule has 0 aromatic heterocycles. The lowest BCUT2D eigenvalue weighted by Crippen LogP contribution is -2.33. The fraction of sp³-hybridized carbons (Fsp3) is 0.438. The zero-order valence-corrected chi connectivity index (χ0v) is 14.2. The molecule has 1 aromatic carbocycles. The van der Waals surface area contributed by atoms with Crippen LogP contribution in [0.25, 0.3) is 0 Å². The maximum Gasteiger partial charge on any atom is 0.414 e. The molecule has 0 bridgehead atoms. The SMILES string of the molecule is CNCCN(C=N)c1ccc(N2CC(CNC(C)=O)OC2=O)cc1F. The van der Waals surface area contributed by atoms with Crippen molar-refractivity contribution in [3.8, 4) is 0 Å². The van der Waals surface area contributed by atoms with E-state index in [1.165, 1.54) is 28.9 Å². The normalized spacial score (nSPS) is 16.5. The van der Waals surface area contributed by atoms with Crippen LogP contribution in [0.4, 0.5) is 20.6 Å². The number of cyclic esters (lactones) is 1. The van der Waals surface area contributed by atoms with E-state index in [4.69, 9.17) is 10.1 Å². The minimum absolute atomic E-state index is 0.210. The summed E-state index contributed by atoms with van der Waals surface area (Å²) >= 11 is 0. The van der Waals surface area contributed by atoms with E-state index in [2.05, 4.69) is 10.6 Å². The Morgan fingerprint density at radius 2 is 2.32 bits per heavy atom. The highest BCUT2D eigenvalue weighted by Crippen LogP contribution is 2.27. The molecule has 1 heterocycles. The molecule has 1 aliphatic heterocycles. The number of hydrogen-bond donors (Lipinski definition) is 3. The van der Waals surface area contributed by atoms with Gasteiger partial charge in [-0.25, -0.2) is 9.18 Å². The van der Waals surface area contributed by atoms with Crippen LogP contribution in [-0.2, 0) is 9.53 Å². The molecule has 8 nitrogen and oxygen atoms in total. The second-order valence-electron chi connectivity index (χ2n) is 5.62. The number of rotatable bonds is 8. The first-order valence-corrected chi connectivity index (χ1v) is 7.90. The van der Waals surface area contributed by atoms with Gasteiger partial charge in [-0.05, 0) is 25.2 Å². The van der Waals surface area contributed by atoms with E-state index in [9.17, 15) is 14.0 Å². The lowest BCUT2D eigenvalue weighted by molar-refractivity contribution is -0.119. The summed E-state index contributed by atoms with van der Waals surface area (Å²) in [6.07, 6.45) is -0.00217. The van der Waals surface area contributed by atoms with Crippen molar-refractivity contribution < 1.29 is 18.7 Å². The first kappa shape index (κ1) is 18.7. The first-order valence-electron chi connectivity index (χ1n) is 7.90. The fourth-order valence-corrected chi connectivity index (χ4v) is 2.48. The maximum atomic E-state index is 14.4. The van der Waals surface area contributed by atoms with Gasteiger partial charge in [-0.1, -0.05) is 0 Å². The largest absolute Gasteiger partial charge is 0.442 e. The lowest BCUT2D eigenvalue weighted by Gasteiger charge is -2.21. The van der Waals surface area contributed by atoms with Gasteiger partial charge in [0.1, 0.15) is 11.9 Å². The highest BCUT2D eigenvalue weighted by molar-refractivity contribution is 5.90. The Labute approximate surface area is 145 Å². The standard InChI is InChI=1S/C16H22FN5O3/c1-11(23)20-8-13-9-22(16(24)25-13)12-3-4-15(14(17)7-12)21(10-18)6-5-19-2/h3-4,7,10,13,18-19H,5-6,8-9H2,1-2H3,(H,20,23). The van der Waals surface area contributed by atoms with Gasteiger partial charge >= 0.3 is 6.09 Å². The highest BCUT2D eigenvalue weighted by atomic mass is 19.1. The summed E-state index contributed by atoms with van der Waals surface area (Å²) in [6.45, 7) is 2.86. The molecule has 0 aliphatic carbocycles. The number of likely N-dealkylation sites (N-methyl/N-ethyl adjacent to an activating group) is 1.